The molecule has 3 aromatic rings. The van der Waals surface area contributed by atoms with Crippen LogP contribution in [0.5, 0.6) is 0 Å². The van der Waals surface area contributed by atoms with E-state index in [9.17, 15) is 19.5 Å². The normalized spacial score (nSPS) is 15.3. The Labute approximate surface area is 223 Å². The number of piperidine rings is 1. The van der Waals surface area contributed by atoms with Crippen molar-refractivity contribution in [1.82, 2.24) is 15.1 Å². The average molecular weight is 546 g/mol. The molecule has 1 saturated heterocycles. The number of H-pyrrole nitrogens is 1. The topological polar surface area (TPSA) is 184 Å². The average Bonchev–Trinajstić information content (AvgIpc) is 3.52. The van der Waals surface area contributed by atoms with Gasteiger partial charge in [0.25, 0.3) is 0 Å². The van der Waals surface area contributed by atoms with Crippen LogP contribution in [0.1, 0.15) is 42.4 Å². The number of nitrogens with zero attached hydrogens (tertiary/aromatic N) is 2. The number of aromatic nitrogens is 2. The third-order valence-corrected chi connectivity index (χ3v) is 7.32. The van der Waals surface area contributed by atoms with Crippen molar-refractivity contribution in [2.45, 2.75) is 50.4 Å². The number of aryl methyl sites for hydroxylation is 1. The van der Waals surface area contributed by atoms with Gasteiger partial charge in [0.1, 0.15) is 0 Å². The summed E-state index contributed by atoms with van der Waals surface area (Å²) >= 11 is 1.73. The first-order chi connectivity index (χ1) is 17.9. The summed E-state index contributed by atoms with van der Waals surface area (Å²) in [4.78, 5) is 34.1. The van der Waals surface area contributed by atoms with Crippen molar-refractivity contribution in [3.05, 3.63) is 64.7 Å². The molecule has 0 amide bonds. The van der Waals surface area contributed by atoms with E-state index < -0.39 is 42.0 Å². The zero-order chi connectivity index (χ0) is 27.9. The maximum Gasteiger partial charge on any atom is 0.336 e. The molecule has 12 heteroatoms. The van der Waals surface area contributed by atoms with Crippen LogP contribution in [0, 0.1) is 6.92 Å². The fourth-order valence-electron chi connectivity index (χ4n) is 4.25. The largest absolute Gasteiger partial charge is 0.481 e. The van der Waals surface area contributed by atoms with Crippen LogP contribution in [0.15, 0.2) is 48.0 Å². The monoisotopic (exact) mass is 545 g/mol. The summed E-state index contributed by atoms with van der Waals surface area (Å²) in [5.74, 6) is -5.02. The second-order valence-corrected chi connectivity index (χ2v) is 10.3. The third kappa shape index (κ3) is 7.48. The van der Waals surface area contributed by atoms with Crippen molar-refractivity contribution in [3.63, 3.8) is 0 Å². The Kier molecular flexibility index (Phi) is 9.39. The van der Waals surface area contributed by atoms with E-state index in [0.717, 1.165) is 43.7 Å². The highest BCUT2D eigenvalue weighted by atomic mass is 32.1. The quantitative estimate of drug-likeness (QED) is 0.234. The van der Waals surface area contributed by atoms with Gasteiger partial charge in [-0.25, -0.2) is 4.79 Å². The Morgan fingerprint density at radius 3 is 2.16 bits per heavy atom. The summed E-state index contributed by atoms with van der Waals surface area (Å²) in [6, 6.07) is 12.5. The van der Waals surface area contributed by atoms with Crippen molar-refractivity contribution in [3.8, 4) is 10.6 Å². The number of nitrogens with one attached hydrogen (secondary N) is 1. The van der Waals surface area contributed by atoms with E-state index in [1.54, 1.807) is 11.3 Å². The van der Waals surface area contributed by atoms with Gasteiger partial charge in [0.15, 0.2) is 5.60 Å². The first-order valence-corrected chi connectivity index (χ1v) is 12.8. The minimum atomic E-state index is -2.74. The van der Waals surface area contributed by atoms with Gasteiger partial charge in [0, 0.05) is 25.2 Å². The molecule has 204 valence electrons. The molecule has 0 radical (unpaired) electrons. The SMILES string of the molecule is Cc1ccc(C2(O)CCN(Cc3cn[nH]c3-c3cccs3)CC2)cc1.O=C(O)CC(O)(CC(=O)O)C(=O)O. The standard InChI is InChI=1S/C20H23N3OS.C6H8O7/c1-15-4-6-17(7-5-15)20(24)8-10-23(11-9-20)14-16-13-21-22-19(16)18-3-2-12-25-18;7-3(8)1-6(13,5(11)12)2-4(9)10/h2-7,12-13,24H,8-11,14H2,1H3,(H,21,22);13H,1-2H2,(H,7,8)(H,9,10)(H,11,12). The second-order valence-electron chi connectivity index (χ2n) is 9.40. The van der Waals surface area contributed by atoms with E-state index in [4.69, 9.17) is 20.4 Å². The molecule has 0 aliphatic carbocycles. The molecule has 38 heavy (non-hydrogen) atoms. The van der Waals surface area contributed by atoms with Gasteiger partial charge in [0.2, 0.25) is 0 Å². The third-order valence-electron chi connectivity index (χ3n) is 6.44. The Bertz CT molecular complexity index is 1220. The maximum absolute atomic E-state index is 11.0. The molecule has 0 atom stereocenters. The highest BCUT2D eigenvalue weighted by Gasteiger charge is 2.40. The first-order valence-electron chi connectivity index (χ1n) is 11.9. The molecule has 2 aromatic heterocycles. The van der Waals surface area contributed by atoms with Crippen LogP contribution in [-0.4, -0.2) is 77.2 Å². The lowest BCUT2D eigenvalue weighted by Gasteiger charge is -2.38. The molecule has 0 bridgehead atoms. The fourth-order valence-corrected chi connectivity index (χ4v) is 5.01. The van der Waals surface area contributed by atoms with Gasteiger partial charge in [-0.2, -0.15) is 5.10 Å². The Hall–Kier alpha value is -3.58. The number of hydrogen-bond donors (Lipinski definition) is 6. The van der Waals surface area contributed by atoms with Crippen LogP contribution in [0.4, 0.5) is 0 Å². The zero-order valence-electron chi connectivity index (χ0n) is 20.8. The predicted molar refractivity (Wildman–Crippen MR) is 139 cm³/mol. The van der Waals surface area contributed by atoms with E-state index >= 15 is 0 Å². The molecule has 11 nitrogen and oxygen atoms in total. The number of benzene rings is 1. The van der Waals surface area contributed by atoms with Gasteiger partial charge >= 0.3 is 17.9 Å². The van der Waals surface area contributed by atoms with E-state index in [-0.39, 0.29) is 0 Å². The summed E-state index contributed by atoms with van der Waals surface area (Å²) in [7, 11) is 0. The number of aliphatic hydroxyl groups is 2. The number of aromatic amines is 1. The number of aliphatic carboxylic acids is 3. The van der Waals surface area contributed by atoms with Crippen molar-refractivity contribution in [2.24, 2.45) is 0 Å². The minimum absolute atomic E-state index is 0.697. The van der Waals surface area contributed by atoms with Gasteiger partial charge in [-0.1, -0.05) is 35.9 Å². The van der Waals surface area contributed by atoms with Crippen LogP contribution < -0.4 is 0 Å². The number of likely N-dealkylation sites (tertiary alicyclic amines) is 1. The summed E-state index contributed by atoms with van der Waals surface area (Å²) in [5.41, 5.74) is 1.18. The predicted octanol–water partition coefficient (Wildman–Crippen LogP) is 2.68. The number of hydrogen-bond acceptors (Lipinski definition) is 8. The number of carbonyl (C=O) groups is 3. The van der Waals surface area contributed by atoms with Crippen LogP contribution >= 0.6 is 11.3 Å². The van der Waals surface area contributed by atoms with Gasteiger partial charge in [-0.15, -0.1) is 11.3 Å². The van der Waals surface area contributed by atoms with Crippen LogP contribution in [0.25, 0.3) is 10.6 Å². The van der Waals surface area contributed by atoms with Crippen LogP contribution in [-0.2, 0) is 26.5 Å². The second kappa shape index (κ2) is 12.3. The lowest BCUT2D eigenvalue weighted by atomic mass is 9.84. The van der Waals surface area contributed by atoms with Gasteiger partial charge in [-0.3, -0.25) is 19.6 Å². The summed E-state index contributed by atoms with van der Waals surface area (Å²) < 4.78 is 0. The molecule has 1 aliphatic heterocycles. The van der Waals surface area contributed by atoms with Crippen molar-refractivity contribution < 1.29 is 39.9 Å². The lowest BCUT2D eigenvalue weighted by molar-refractivity contribution is -0.170. The molecule has 0 spiro atoms. The Morgan fingerprint density at radius 2 is 1.66 bits per heavy atom. The van der Waals surface area contributed by atoms with E-state index in [0.29, 0.717) is 0 Å². The molecule has 4 rings (SSSR count). The molecule has 0 saturated carbocycles. The van der Waals surface area contributed by atoms with Crippen LogP contribution in [0.3, 0.4) is 0 Å². The van der Waals surface area contributed by atoms with Gasteiger partial charge in [0.05, 0.1) is 35.2 Å². The van der Waals surface area contributed by atoms with Crippen LogP contribution in [0.2, 0.25) is 0 Å². The molecule has 3 heterocycles. The Balaban J connectivity index is 0.000000263. The molecule has 1 fully saturated rings. The van der Waals surface area contributed by atoms with E-state index in [1.807, 2.05) is 6.20 Å². The van der Waals surface area contributed by atoms with Gasteiger partial charge in [-0.05, 0) is 36.8 Å². The number of carboxylic acids is 3. The summed E-state index contributed by atoms with van der Waals surface area (Å²) in [6.07, 6.45) is 1.17. The first kappa shape index (κ1) is 29.0. The smallest absolute Gasteiger partial charge is 0.336 e. The number of carboxylic acid groups (broad SMARTS) is 3. The van der Waals surface area contributed by atoms with Crippen molar-refractivity contribution in [2.75, 3.05) is 13.1 Å². The highest BCUT2D eigenvalue weighted by molar-refractivity contribution is 7.13. The molecular formula is C26H31N3O8S. The lowest BCUT2D eigenvalue weighted by Crippen LogP contribution is -2.42. The molecule has 6 N–H and O–H groups in total. The van der Waals surface area contributed by atoms with Crippen molar-refractivity contribution >= 4 is 29.2 Å². The van der Waals surface area contributed by atoms with Crippen molar-refractivity contribution in [1.29, 1.82) is 0 Å². The fraction of sp³-hybridized carbons (Fsp3) is 0.385. The molecule has 0 unspecified atom stereocenters. The van der Waals surface area contributed by atoms with E-state index in [2.05, 4.69) is 63.8 Å². The molecular weight excluding hydrogens is 514 g/mol. The highest BCUT2D eigenvalue weighted by Crippen LogP contribution is 2.34. The molecule has 1 aromatic carbocycles. The number of rotatable bonds is 9. The summed E-state index contributed by atoms with van der Waals surface area (Å²) in [5, 5.41) is 54.3. The van der Waals surface area contributed by atoms with E-state index in [1.165, 1.54) is 16.0 Å². The number of thiophene rings is 1. The minimum Gasteiger partial charge on any atom is -0.481 e. The maximum atomic E-state index is 11.0. The molecule has 1 aliphatic rings. The van der Waals surface area contributed by atoms with Gasteiger partial charge < -0.3 is 25.5 Å². The zero-order valence-corrected chi connectivity index (χ0v) is 21.6. The summed E-state index contributed by atoms with van der Waals surface area (Å²) in [6.45, 7) is 4.72. The Morgan fingerprint density at radius 1 is 1.05 bits per heavy atom.